The fourth-order valence-electron chi connectivity index (χ4n) is 3.70. The number of nitrogens with zero attached hydrogens (tertiary/aromatic N) is 2. The van der Waals surface area contributed by atoms with E-state index in [1.165, 1.54) is 0 Å². The number of aryl methyl sites for hydroxylation is 1. The lowest BCUT2D eigenvalue weighted by Crippen LogP contribution is -2.32. The van der Waals surface area contributed by atoms with Crippen LogP contribution in [0.25, 0.3) is 0 Å². The molecule has 0 radical (unpaired) electrons. The maximum atomic E-state index is 13.5. The zero-order valence-corrected chi connectivity index (χ0v) is 19.0. The van der Waals surface area contributed by atoms with Gasteiger partial charge in [0.05, 0.1) is 23.8 Å². The number of nitrogens with one attached hydrogen (secondary N) is 1. The number of pyridine rings is 1. The summed E-state index contributed by atoms with van der Waals surface area (Å²) in [4.78, 5) is 27.8. The normalized spacial score (nSPS) is 15.5. The highest BCUT2D eigenvalue weighted by Gasteiger charge is 2.35. The Bertz CT molecular complexity index is 1050. The molecule has 1 unspecified atom stereocenters. The molecule has 1 aromatic heterocycles. The number of hydrogen-bond donors (Lipinski definition) is 1. The zero-order valence-electron chi connectivity index (χ0n) is 18.3. The molecule has 0 bridgehead atoms. The van der Waals surface area contributed by atoms with Gasteiger partial charge in [-0.2, -0.15) is 0 Å². The highest BCUT2D eigenvalue weighted by molar-refractivity contribution is 6.31. The van der Waals surface area contributed by atoms with E-state index in [4.69, 9.17) is 21.1 Å². The first-order chi connectivity index (χ1) is 14.8. The second-order valence-corrected chi connectivity index (χ2v) is 8.06. The molecule has 1 aromatic carbocycles. The zero-order chi connectivity index (χ0) is 22.5. The maximum Gasteiger partial charge on any atom is 0.513 e. The van der Waals surface area contributed by atoms with E-state index in [1.54, 1.807) is 30.7 Å². The molecule has 3 rings (SSSR count). The van der Waals surface area contributed by atoms with Crippen LogP contribution >= 0.6 is 11.6 Å². The molecule has 1 aliphatic heterocycles. The summed E-state index contributed by atoms with van der Waals surface area (Å²) in [6, 6.07) is 9.14. The van der Waals surface area contributed by atoms with Gasteiger partial charge in [0.25, 0.3) is 5.56 Å². The topological polar surface area (TPSA) is 72.8 Å². The van der Waals surface area contributed by atoms with Crippen LogP contribution in [0.3, 0.4) is 0 Å². The second-order valence-electron chi connectivity index (χ2n) is 7.65. The monoisotopic (exact) mass is 445 g/mol. The van der Waals surface area contributed by atoms with Gasteiger partial charge in [-0.05, 0) is 58.6 Å². The number of benzene rings is 1. The number of anilines is 1. The van der Waals surface area contributed by atoms with Crippen molar-refractivity contribution >= 4 is 23.4 Å². The van der Waals surface area contributed by atoms with Crippen LogP contribution in [0.15, 0.2) is 52.8 Å². The van der Waals surface area contributed by atoms with Crippen LogP contribution in [-0.2, 0) is 16.0 Å². The Balaban J connectivity index is 2.11. The van der Waals surface area contributed by atoms with Gasteiger partial charge < -0.3 is 24.3 Å². The number of halogens is 1. The number of aromatic nitrogens is 1. The fraction of sp³-hybridized carbons (Fsp3) is 0.391. The molecule has 1 atom stereocenters. The van der Waals surface area contributed by atoms with Gasteiger partial charge in [0.2, 0.25) is 0 Å². The summed E-state index contributed by atoms with van der Waals surface area (Å²) in [5, 5.41) is 3.69. The molecule has 1 N–H and O–H groups in total. The Morgan fingerprint density at radius 2 is 2.00 bits per heavy atom. The minimum atomic E-state index is -0.818. The smallest absolute Gasteiger partial charge is 0.434 e. The van der Waals surface area contributed by atoms with E-state index < -0.39 is 12.1 Å². The highest BCUT2D eigenvalue weighted by atomic mass is 35.5. The van der Waals surface area contributed by atoms with Crippen molar-refractivity contribution in [2.24, 2.45) is 0 Å². The molecule has 0 spiro atoms. The number of rotatable bonds is 7. The van der Waals surface area contributed by atoms with Crippen molar-refractivity contribution in [3.8, 4) is 0 Å². The number of carbonyl (C=O) groups is 1. The van der Waals surface area contributed by atoms with Crippen molar-refractivity contribution in [2.75, 3.05) is 32.6 Å². The van der Waals surface area contributed by atoms with Gasteiger partial charge in [0, 0.05) is 23.5 Å². The molecule has 8 heteroatoms. The van der Waals surface area contributed by atoms with Crippen LogP contribution in [0.5, 0.6) is 0 Å². The van der Waals surface area contributed by atoms with Crippen molar-refractivity contribution < 1.29 is 14.3 Å². The fourth-order valence-corrected chi connectivity index (χ4v) is 3.95. The Labute approximate surface area is 187 Å². The molecular formula is C23H28ClN3O4. The Morgan fingerprint density at radius 3 is 2.68 bits per heavy atom. The maximum absolute atomic E-state index is 13.5. The Kier molecular flexibility index (Phi) is 7.41. The minimum Gasteiger partial charge on any atom is -0.434 e. The Morgan fingerprint density at radius 1 is 1.26 bits per heavy atom. The van der Waals surface area contributed by atoms with Gasteiger partial charge in [-0.25, -0.2) is 4.79 Å². The summed E-state index contributed by atoms with van der Waals surface area (Å²) in [6.45, 7) is 5.13. The SMILES string of the molecule is CCOC(=O)OC1=C(C)Nc2ccn(CCCN(C)C)c(=O)c2C1c1ccccc1Cl. The molecule has 166 valence electrons. The molecule has 0 aliphatic carbocycles. The Hall–Kier alpha value is -2.77. The van der Waals surface area contributed by atoms with Crippen LogP contribution in [0.2, 0.25) is 5.02 Å². The van der Waals surface area contributed by atoms with Crippen LogP contribution in [0.4, 0.5) is 10.5 Å². The largest absolute Gasteiger partial charge is 0.513 e. The standard InChI is InChI=1S/C23H28ClN3O4/c1-5-30-23(29)31-21-15(2)25-18-11-14-27(13-8-12-26(3)4)22(28)20(18)19(21)16-9-6-7-10-17(16)24/h6-7,9-11,14,19,25H,5,8,12-13H2,1-4H3. The van der Waals surface area contributed by atoms with Gasteiger partial charge in [-0.1, -0.05) is 29.8 Å². The molecule has 0 saturated heterocycles. The van der Waals surface area contributed by atoms with Gasteiger partial charge in [-0.15, -0.1) is 0 Å². The third-order valence-corrected chi connectivity index (χ3v) is 5.47. The number of ether oxygens (including phenoxy) is 2. The van der Waals surface area contributed by atoms with Crippen LogP contribution in [0, 0.1) is 0 Å². The van der Waals surface area contributed by atoms with E-state index in [9.17, 15) is 9.59 Å². The van der Waals surface area contributed by atoms with E-state index in [2.05, 4.69) is 10.2 Å². The molecule has 0 amide bonds. The quantitative estimate of drug-likeness (QED) is 0.636. The van der Waals surface area contributed by atoms with E-state index >= 15 is 0 Å². The third kappa shape index (κ3) is 5.11. The number of allylic oxidation sites excluding steroid dienone is 2. The lowest BCUT2D eigenvalue weighted by Gasteiger charge is -2.30. The van der Waals surface area contributed by atoms with Crippen molar-refractivity contribution in [3.63, 3.8) is 0 Å². The molecule has 1 aliphatic rings. The summed E-state index contributed by atoms with van der Waals surface area (Å²) >= 11 is 6.52. The number of carbonyl (C=O) groups excluding carboxylic acids is 1. The van der Waals surface area contributed by atoms with Gasteiger partial charge in [0.15, 0.2) is 0 Å². The molecule has 2 aromatic rings. The number of fused-ring (bicyclic) bond motifs is 1. The molecule has 7 nitrogen and oxygen atoms in total. The first kappa shape index (κ1) is 22.9. The summed E-state index contributed by atoms with van der Waals surface area (Å²) in [5.41, 5.74) is 2.33. The van der Waals surface area contributed by atoms with Crippen molar-refractivity contribution in [2.45, 2.75) is 32.7 Å². The predicted molar refractivity (Wildman–Crippen MR) is 122 cm³/mol. The molecule has 0 saturated carbocycles. The molecule has 2 heterocycles. The van der Waals surface area contributed by atoms with Crippen molar-refractivity contribution in [1.82, 2.24) is 9.47 Å². The highest BCUT2D eigenvalue weighted by Crippen LogP contribution is 2.42. The van der Waals surface area contributed by atoms with Crippen LogP contribution in [0.1, 0.15) is 37.3 Å². The first-order valence-corrected chi connectivity index (χ1v) is 10.7. The van der Waals surface area contributed by atoms with Gasteiger partial charge in [0.1, 0.15) is 5.76 Å². The summed E-state index contributed by atoms with van der Waals surface area (Å²) < 4.78 is 12.2. The summed E-state index contributed by atoms with van der Waals surface area (Å²) in [6.07, 6.45) is 1.80. The van der Waals surface area contributed by atoms with E-state index in [0.717, 1.165) is 13.0 Å². The van der Waals surface area contributed by atoms with Crippen LogP contribution < -0.4 is 10.9 Å². The first-order valence-electron chi connectivity index (χ1n) is 10.3. The predicted octanol–water partition coefficient (Wildman–Crippen LogP) is 4.42. The van der Waals surface area contributed by atoms with E-state index in [0.29, 0.717) is 39.8 Å². The second kappa shape index (κ2) is 10.0. The van der Waals surface area contributed by atoms with E-state index in [-0.39, 0.29) is 12.2 Å². The summed E-state index contributed by atoms with van der Waals surface area (Å²) in [5.74, 6) is -0.328. The van der Waals surface area contributed by atoms with Crippen molar-refractivity contribution in [3.05, 3.63) is 74.5 Å². The molecule has 0 fully saturated rings. The average molecular weight is 446 g/mol. The van der Waals surface area contributed by atoms with Crippen LogP contribution in [-0.4, -0.2) is 42.9 Å². The van der Waals surface area contributed by atoms with Crippen molar-refractivity contribution in [1.29, 1.82) is 0 Å². The average Bonchev–Trinajstić information content (AvgIpc) is 2.71. The molecular weight excluding hydrogens is 418 g/mol. The minimum absolute atomic E-state index is 0.147. The molecule has 31 heavy (non-hydrogen) atoms. The summed E-state index contributed by atoms with van der Waals surface area (Å²) in [7, 11) is 4.00. The lowest BCUT2D eigenvalue weighted by molar-refractivity contribution is 0.0777. The van der Waals surface area contributed by atoms with Gasteiger partial charge >= 0.3 is 6.16 Å². The number of hydrogen-bond acceptors (Lipinski definition) is 6. The van der Waals surface area contributed by atoms with Gasteiger partial charge in [-0.3, -0.25) is 4.79 Å². The third-order valence-electron chi connectivity index (χ3n) is 5.12. The lowest BCUT2D eigenvalue weighted by atomic mass is 9.86. The van der Waals surface area contributed by atoms with E-state index in [1.807, 2.05) is 38.4 Å².